The molecule has 1 unspecified atom stereocenters. The van der Waals surface area contributed by atoms with Crippen LogP contribution in [0.3, 0.4) is 0 Å². The standard InChI is InChI=1S/C16H17FN2/c1-11-15-10-13(14-4-3-8-18-16(14)17)6-5-12(15)7-9-19(11)2/h3-6,8,10-11H,7,9H2,1-2H3. The van der Waals surface area contributed by atoms with Crippen molar-refractivity contribution in [3.8, 4) is 11.1 Å². The van der Waals surface area contributed by atoms with Gasteiger partial charge in [-0.25, -0.2) is 4.98 Å². The van der Waals surface area contributed by atoms with Crippen molar-refractivity contribution in [3.63, 3.8) is 0 Å². The third-order valence-electron chi connectivity index (χ3n) is 4.06. The Labute approximate surface area is 112 Å². The van der Waals surface area contributed by atoms with E-state index in [9.17, 15) is 4.39 Å². The van der Waals surface area contributed by atoms with Crippen molar-refractivity contribution < 1.29 is 4.39 Å². The Balaban J connectivity index is 2.09. The summed E-state index contributed by atoms with van der Waals surface area (Å²) < 4.78 is 13.8. The number of nitrogens with zero attached hydrogens (tertiary/aromatic N) is 2. The van der Waals surface area contributed by atoms with E-state index in [4.69, 9.17) is 0 Å². The van der Waals surface area contributed by atoms with Crippen LogP contribution in [0.2, 0.25) is 0 Å². The maximum absolute atomic E-state index is 13.8. The van der Waals surface area contributed by atoms with Crippen LogP contribution in [0.25, 0.3) is 11.1 Å². The van der Waals surface area contributed by atoms with Crippen molar-refractivity contribution >= 4 is 0 Å². The zero-order chi connectivity index (χ0) is 13.4. The van der Waals surface area contributed by atoms with Gasteiger partial charge in [0.05, 0.1) is 0 Å². The summed E-state index contributed by atoms with van der Waals surface area (Å²) in [4.78, 5) is 6.05. The van der Waals surface area contributed by atoms with Crippen molar-refractivity contribution in [2.45, 2.75) is 19.4 Å². The number of fused-ring (bicyclic) bond motifs is 1. The van der Waals surface area contributed by atoms with Crippen LogP contribution >= 0.6 is 0 Å². The minimum atomic E-state index is -0.403. The molecule has 2 heterocycles. The van der Waals surface area contributed by atoms with Gasteiger partial charge in [-0.2, -0.15) is 4.39 Å². The minimum Gasteiger partial charge on any atom is -0.299 e. The van der Waals surface area contributed by atoms with Crippen LogP contribution in [0.1, 0.15) is 24.1 Å². The molecular weight excluding hydrogens is 239 g/mol. The van der Waals surface area contributed by atoms with Crippen molar-refractivity contribution in [2.24, 2.45) is 0 Å². The van der Waals surface area contributed by atoms with E-state index in [0.29, 0.717) is 11.6 Å². The molecule has 3 heteroatoms. The summed E-state index contributed by atoms with van der Waals surface area (Å²) in [6.45, 7) is 3.27. The zero-order valence-electron chi connectivity index (χ0n) is 11.2. The Morgan fingerprint density at radius 2 is 2.16 bits per heavy atom. The number of halogens is 1. The average Bonchev–Trinajstić information content (AvgIpc) is 2.43. The van der Waals surface area contributed by atoms with E-state index in [0.717, 1.165) is 18.5 Å². The van der Waals surface area contributed by atoms with Gasteiger partial charge in [-0.05, 0) is 55.3 Å². The zero-order valence-corrected chi connectivity index (χ0v) is 11.2. The molecule has 98 valence electrons. The lowest BCUT2D eigenvalue weighted by molar-refractivity contribution is 0.247. The average molecular weight is 256 g/mol. The summed E-state index contributed by atoms with van der Waals surface area (Å²) in [5.74, 6) is -0.403. The molecule has 0 bridgehead atoms. The third-order valence-corrected chi connectivity index (χ3v) is 4.06. The first-order valence-corrected chi connectivity index (χ1v) is 6.61. The normalized spacial score (nSPS) is 19.2. The summed E-state index contributed by atoms with van der Waals surface area (Å²) in [6.07, 6.45) is 2.54. The van der Waals surface area contributed by atoms with Crippen LogP contribution in [-0.2, 0) is 6.42 Å². The first kappa shape index (κ1) is 12.3. The molecule has 2 aromatic rings. The molecule has 1 aromatic heterocycles. The van der Waals surface area contributed by atoms with Gasteiger partial charge in [-0.3, -0.25) is 4.90 Å². The second-order valence-electron chi connectivity index (χ2n) is 5.16. The van der Waals surface area contributed by atoms with Crippen LogP contribution in [0, 0.1) is 5.95 Å². The maximum Gasteiger partial charge on any atom is 0.220 e. The lowest BCUT2D eigenvalue weighted by Gasteiger charge is -2.32. The molecule has 0 saturated carbocycles. The molecule has 0 amide bonds. The summed E-state index contributed by atoms with van der Waals surface area (Å²) in [6, 6.07) is 10.2. The molecule has 2 nitrogen and oxygen atoms in total. The predicted molar refractivity (Wildman–Crippen MR) is 74.4 cm³/mol. The smallest absolute Gasteiger partial charge is 0.220 e. The van der Waals surface area contributed by atoms with Crippen molar-refractivity contribution in [2.75, 3.05) is 13.6 Å². The van der Waals surface area contributed by atoms with E-state index in [1.807, 2.05) is 6.07 Å². The van der Waals surface area contributed by atoms with Gasteiger partial charge in [0.2, 0.25) is 5.95 Å². The topological polar surface area (TPSA) is 16.1 Å². The van der Waals surface area contributed by atoms with Crippen molar-refractivity contribution in [1.82, 2.24) is 9.88 Å². The fourth-order valence-corrected chi connectivity index (χ4v) is 2.71. The van der Waals surface area contributed by atoms with Crippen LogP contribution in [0.15, 0.2) is 36.5 Å². The van der Waals surface area contributed by atoms with E-state index < -0.39 is 5.95 Å². The highest BCUT2D eigenvalue weighted by Crippen LogP contribution is 2.32. The second kappa shape index (κ2) is 4.74. The van der Waals surface area contributed by atoms with E-state index in [-0.39, 0.29) is 0 Å². The molecule has 0 N–H and O–H groups in total. The predicted octanol–water partition coefficient (Wildman–Crippen LogP) is 3.44. The van der Waals surface area contributed by atoms with E-state index in [1.54, 1.807) is 12.1 Å². The number of likely N-dealkylation sites (N-methyl/N-ethyl adjacent to an activating group) is 1. The molecular formula is C16H17FN2. The molecule has 1 aliphatic rings. The van der Waals surface area contributed by atoms with Crippen LogP contribution < -0.4 is 0 Å². The van der Waals surface area contributed by atoms with Crippen LogP contribution in [0.4, 0.5) is 4.39 Å². The van der Waals surface area contributed by atoms with Gasteiger partial charge in [0.15, 0.2) is 0 Å². The highest BCUT2D eigenvalue weighted by atomic mass is 19.1. The van der Waals surface area contributed by atoms with Gasteiger partial charge >= 0.3 is 0 Å². The van der Waals surface area contributed by atoms with Crippen LogP contribution in [0.5, 0.6) is 0 Å². The van der Waals surface area contributed by atoms with Gasteiger partial charge in [0, 0.05) is 24.3 Å². The van der Waals surface area contributed by atoms with Crippen LogP contribution in [-0.4, -0.2) is 23.5 Å². The third kappa shape index (κ3) is 2.15. The monoisotopic (exact) mass is 256 g/mol. The first-order chi connectivity index (χ1) is 9.16. The highest BCUT2D eigenvalue weighted by molar-refractivity contribution is 5.65. The van der Waals surface area contributed by atoms with E-state index in [2.05, 4.69) is 36.0 Å². The first-order valence-electron chi connectivity index (χ1n) is 6.61. The summed E-state index contributed by atoms with van der Waals surface area (Å²) in [5, 5.41) is 0. The highest BCUT2D eigenvalue weighted by Gasteiger charge is 2.21. The summed E-state index contributed by atoms with van der Waals surface area (Å²) >= 11 is 0. The fourth-order valence-electron chi connectivity index (χ4n) is 2.71. The van der Waals surface area contributed by atoms with Gasteiger partial charge in [-0.15, -0.1) is 0 Å². The minimum absolute atomic E-state index is 0.378. The SMILES string of the molecule is CC1c2cc(-c3cccnc3F)ccc2CCN1C. The van der Waals surface area contributed by atoms with E-state index in [1.165, 1.54) is 17.3 Å². The Morgan fingerprint density at radius 1 is 1.32 bits per heavy atom. The van der Waals surface area contributed by atoms with Gasteiger partial charge < -0.3 is 0 Å². The molecule has 3 rings (SSSR count). The number of rotatable bonds is 1. The number of hydrogen-bond donors (Lipinski definition) is 0. The summed E-state index contributed by atoms with van der Waals surface area (Å²) in [5.41, 5.74) is 4.16. The lowest BCUT2D eigenvalue weighted by Crippen LogP contribution is -2.30. The number of benzene rings is 1. The molecule has 1 atom stereocenters. The van der Waals surface area contributed by atoms with Gasteiger partial charge in [-0.1, -0.05) is 12.1 Å². The van der Waals surface area contributed by atoms with Crippen molar-refractivity contribution in [1.29, 1.82) is 0 Å². The summed E-state index contributed by atoms with van der Waals surface area (Å²) in [7, 11) is 2.13. The quantitative estimate of drug-likeness (QED) is 0.727. The Hall–Kier alpha value is -1.74. The fraction of sp³-hybridized carbons (Fsp3) is 0.312. The molecule has 0 spiro atoms. The Morgan fingerprint density at radius 3 is 2.95 bits per heavy atom. The van der Waals surface area contributed by atoms with E-state index >= 15 is 0 Å². The lowest BCUT2D eigenvalue weighted by atomic mass is 9.91. The number of aromatic nitrogens is 1. The maximum atomic E-state index is 13.8. The Kier molecular flexibility index (Phi) is 3.07. The molecule has 1 aliphatic heterocycles. The second-order valence-corrected chi connectivity index (χ2v) is 5.16. The molecule has 1 aromatic carbocycles. The molecule has 0 radical (unpaired) electrons. The molecule has 0 fully saturated rings. The van der Waals surface area contributed by atoms with Gasteiger partial charge in [0.1, 0.15) is 0 Å². The number of pyridine rings is 1. The molecule has 19 heavy (non-hydrogen) atoms. The molecule has 0 aliphatic carbocycles. The van der Waals surface area contributed by atoms with Gasteiger partial charge in [0.25, 0.3) is 0 Å². The van der Waals surface area contributed by atoms with Crippen molar-refractivity contribution in [3.05, 3.63) is 53.6 Å². The molecule has 0 saturated heterocycles. The number of hydrogen-bond acceptors (Lipinski definition) is 2. The largest absolute Gasteiger partial charge is 0.299 e. The Bertz CT molecular complexity index is 609.